The van der Waals surface area contributed by atoms with Crippen molar-refractivity contribution in [3.05, 3.63) is 24.3 Å². The number of aromatic nitrogens is 2. The summed E-state index contributed by atoms with van der Waals surface area (Å²) >= 11 is 0. The highest BCUT2D eigenvalue weighted by atomic mass is 14.9. The van der Waals surface area contributed by atoms with Crippen LogP contribution in [0.5, 0.6) is 0 Å². The Kier molecular flexibility index (Phi) is 3.83. The topological polar surface area (TPSA) is 37.8 Å². The normalized spacial score (nSPS) is 13.2. The van der Waals surface area contributed by atoms with Gasteiger partial charge in [0.15, 0.2) is 0 Å². The van der Waals surface area contributed by atoms with E-state index in [-0.39, 0.29) is 0 Å². The molecule has 0 aliphatic rings. The number of hydrogen-bond donors (Lipinski definition) is 1. The first kappa shape index (κ1) is 10.1. The van der Waals surface area contributed by atoms with Crippen LogP contribution < -0.4 is 5.32 Å². The Hall–Kier alpha value is -0.960. The number of likely N-dealkylation sites (N-methyl/N-ethyl adjacent to an activating group) is 1. The molecule has 0 saturated carbocycles. The fourth-order valence-corrected chi connectivity index (χ4v) is 1.30. The van der Waals surface area contributed by atoms with E-state index in [0.717, 1.165) is 12.2 Å². The summed E-state index contributed by atoms with van der Waals surface area (Å²) < 4.78 is 0. The van der Waals surface area contributed by atoms with Crippen molar-refractivity contribution in [2.75, 3.05) is 7.05 Å². The van der Waals surface area contributed by atoms with Crippen LogP contribution >= 0.6 is 0 Å². The van der Waals surface area contributed by atoms with Gasteiger partial charge in [-0.05, 0) is 19.0 Å². The summed E-state index contributed by atoms with van der Waals surface area (Å²) in [5, 5.41) is 3.27. The van der Waals surface area contributed by atoms with Crippen molar-refractivity contribution in [2.45, 2.75) is 26.3 Å². The molecule has 0 radical (unpaired) electrons. The summed E-state index contributed by atoms with van der Waals surface area (Å²) in [5.41, 5.74) is 0. The second kappa shape index (κ2) is 4.92. The van der Waals surface area contributed by atoms with E-state index in [9.17, 15) is 0 Å². The van der Waals surface area contributed by atoms with Gasteiger partial charge in [-0.1, -0.05) is 13.8 Å². The van der Waals surface area contributed by atoms with Crippen molar-refractivity contribution in [3.63, 3.8) is 0 Å². The summed E-state index contributed by atoms with van der Waals surface area (Å²) in [6.07, 6.45) is 4.47. The minimum absolute atomic E-state index is 0.461. The lowest BCUT2D eigenvalue weighted by atomic mass is 10.0. The zero-order valence-electron chi connectivity index (χ0n) is 8.49. The van der Waals surface area contributed by atoms with Crippen LogP contribution in [0.2, 0.25) is 0 Å². The van der Waals surface area contributed by atoms with Gasteiger partial charge in [0.05, 0.1) is 0 Å². The third kappa shape index (κ3) is 3.11. The highest BCUT2D eigenvalue weighted by Crippen LogP contribution is 2.05. The first-order valence-electron chi connectivity index (χ1n) is 4.67. The van der Waals surface area contributed by atoms with Crippen LogP contribution in [0.3, 0.4) is 0 Å². The van der Waals surface area contributed by atoms with Gasteiger partial charge in [-0.25, -0.2) is 9.97 Å². The summed E-state index contributed by atoms with van der Waals surface area (Å²) in [6, 6.07) is 2.30. The molecule has 0 aromatic carbocycles. The van der Waals surface area contributed by atoms with Crippen molar-refractivity contribution in [2.24, 2.45) is 5.92 Å². The van der Waals surface area contributed by atoms with Gasteiger partial charge >= 0.3 is 0 Å². The van der Waals surface area contributed by atoms with Crippen LogP contribution in [0.15, 0.2) is 18.5 Å². The molecule has 3 heteroatoms. The van der Waals surface area contributed by atoms with E-state index >= 15 is 0 Å². The second-order valence-electron chi connectivity index (χ2n) is 3.51. The molecular formula is C10H17N3. The van der Waals surface area contributed by atoms with E-state index < -0.39 is 0 Å². The van der Waals surface area contributed by atoms with E-state index in [2.05, 4.69) is 29.1 Å². The van der Waals surface area contributed by atoms with Crippen molar-refractivity contribution in [3.8, 4) is 0 Å². The van der Waals surface area contributed by atoms with Crippen molar-refractivity contribution < 1.29 is 0 Å². The minimum Gasteiger partial charge on any atom is -0.316 e. The van der Waals surface area contributed by atoms with E-state index in [1.807, 2.05) is 13.1 Å². The summed E-state index contributed by atoms with van der Waals surface area (Å²) in [6.45, 7) is 4.40. The largest absolute Gasteiger partial charge is 0.316 e. The fraction of sp³-hybridized carbons (Fsp3) is 0.600. The SMILES string of the molecule is CNC(Cc1ncccn1)C(C)C. The molecule has 1 heterocycles. The van der Waals surface area contributed by atoms with Crippen LogP contribution in [0.4, 0.5) is 0 Å². The number of hydrogen-bond acceptors (Lipinski definition) is 3. The average molecular weight is 179 g/mol. The molecule has 1 unspecified atom stereocenters. The van der Waals surface area contributed by atoms with Gasteiger partial charge < -0.3 is 5.32 Å². The third-order valence-electron chi connectivity index (χ3n) is 2.20. The molecular weight excluding hydrogens is 162 g/mol. The number of rotatable bonds is 4. The Morgan fingerprint density at radius 2 is 1.92 bits per heavy atom. The van der Waals surface area contributed by atoms with Crippen LogP contribution in [0.1, 0.15) is 19.7 Å². The first-order chi connectivity index (χ1) is 6.24. The average Bonchev–Trinajstić information content (AvgIpc) is 2.15. The van der Waals surface area contributed by atoms with Crippen LogP contribution in [0, 0.1) is 5.92 Å². The summed E-state index contributed by atoms with van der Waals surface area (Å²) in [4.78, 5) is 8.40. The van der Waals surface area contributed by atoms with Crippen molar-refractivity contribution >= 4 is 0 Å². The number of nitrogens with zero attached hydrogens (tertiary/aromatic N) is 2. The molecule has 0 aliphatic carbocycles. The summed E-state index contributed by atoms with van der Waals surface area (Å²) in [7, 11) is 1.98. The van der Waals surface area contributed by atoms with E-state index in [1.54, 1.807) is 12.4 Å². The van der Waals surface area contributed by atoms with E-state index in [1.165, 1.54) is 0 Å². The van der Waals surface area contributed by atoms with Gasteiger partial charge in [-0.2, -0.15) is 0 Å². The monoisotopic (exact) mass is 179 g/mol. The van der Waals surface area contributed by atoms with Crippen molar-refractivity contribution in [1.82, 2.24) is 15.3 Å². The molecule has 0 saturated heterocycles. The Labute approximate surface area is 79.6 Å². The zero-order valence-corrected chi connectivity index (χ0v) is 8.49. The van der Waals surface area contributed by atoms with Crippen LogP contribution in [-0.2, 0) is 6.42 Å². The lowest BCUT2D eigenvalue weighted by Gasteiger charge is -2.18. The Balaban J connectivity index is 2.57. The molecule has 1 aromatic heterocycles. The van der Waals surface area contributed by atoms with Gasteiger partial charge in [0.25, 0.3) is 0 Å². The molecule has 1 atom stereocenters. The molecule has 72 valence electrons. The molecule has 0 spiro atoms. The quantitative estimate of drug-likeness (QED) is 0.756. The molecule has 13 heavy (non-hydrogen) atoms. The zero-order chi connectivity index (χ0) is 9.68. The molecule has 1 rings (SSSR count). The second-order valence-corrected chi connectivity index (χ2v) is 3.51. The smallest absolute Gasteiger partial charge is 0.129 e. The Morgan fingerprint density at radius 3 is 2.38 bits per heavy atom. The highest BCUT2D eigenvalue weighted by Gasteiger charge is 2.12. The van der Waals surface area contributed by atoms with Gasteiger partial charge in [-0.3, -0.25) is 0 Å². The summed E-state index contributed by atoms with van der Waals surface area (Å²) in [5.74, 6) is 1.52. The molecule has 1 aromatic rings. The molecule has 3 nitrogen and oxygen atoms in total. The Morgan fingerprint density at radius 1 is 1.31 bits per heavy atom. The molecule has 0 bridgehead atoms. The maximum absolute atomic E-state index is 4.20. The molecule has 0 fully saturated rings. The third-order valence-corrected chi connectivity index (χ3v) is 2.20. The lowest BCUT2D eigenvalue weighted by Crippen LogP contribution is -2.33. The van der Waals surface area contributed by atoms with Crippen molar-refractivity contribution in [1.29, 1.82) is 0 Å². The van der Waals surface area contributed by atoms with Gasteiger partial charge in [0.1, 0.15) is 5.82 Å². The fourth-order valence-electron chi connectivity index (χ4n) is 1.30. The van der Waals surface area contributed by atoms with Gasteiger partial charge in [0, 0.05) is 24.9 Å². The van der Waals surface area contributed by atoms with E-state index in [0.29, 0.717) is 12.0 Å². The first-order valence-corrected chi connectivity index (χ1v) is 4.67. The maximum atomic E-state index is 4.20. The highest BCUT2D eigenvalue weighted by molar-refractivity contribution is 4.92. The van der Waals surface area contributed by atoms with Gasteiger partial charge in [0.2, 0.25) is 0 Å². The van der Waals surface area contributed by atoms with Gasteiger partial charge in [-0.15, -0.1) is 0 Å². The minimum atomic E-state index is 0.461. The molecule has 0 aliphatic heterocycles. The maximum Gasteiger partial charge on any atom is 0.129 e. The standard InChI is InChI=1S/C10H17N3/c1-8(2)9(11-3)7-10-12-5-4-6-13-10/h4-6,8-9,11H,7H2,1-3H3. The molecule has 1 N–H and O–H groups in total. The predicted octanol–water partition coefficient (Wildman–Crippen LogP) is 1.26. The van der Waals surface area contributed by atoms with Crippen LogP contribution in [-0.4, -0.2) is 23.1 Å². The van der Waals surface area contributed by atoms with Crippen LogP contribution in [0.25, 0.3) is 0 Å². The lowest BCUT2D eigenvalue weighted by molar-refractivity contribution is 0.417. The Bertz CT molecular complexity index is 233. The van der Waals surface area contributed by atoms with E-state index in [4.69, 9.17) is 0 Å². The molecule has 0 amide bonds. The predicted molar refractivity (Wildman–Crippen MR) is 53.4 cm³/mol. The number of nitrogens with one attached hydrogen (secondary N) is 1.